The minimum Gasteiger partial charge on any atom is -0.343 e. The Kier molecular flexibility index (Phi) is 4.42. The number of nitrogens with one attached hydrogen (secondary N) is 1. The van der Waals surface area contributed by atoms with Crippen LogP contribution in [0.2, 0.25) is 0 Å². The third-order valence-electron chi connectivity index (χ3n) is 3.36. The Morgan fingerprint density at radius 2 is 2.15 bits per heavy atom. The molecule has 6 heteroatoms. The van der Waals surface area contributed by atoms with Crippen LogP contribution in [0.5, 0.6) is 0 Å². The van der Waals surface area contributed by atoms with Crippen molar-refractivity contribution in [3.8, 4) is 0 Å². The Bertz CT molecular complexity index is 512. The molecular weight excluding hydrogens is 274 g/mol. The van der Waals surface area contributed by atoms with Gasteiger partial charge in [0.2, 0.25) is 11.8 Å². The fraction of sp³-hybridized carbons (Fsp3) is 0.643. The lowest BCUT2D eigenvalue weighted by atomic mass is 9.98. The lowest BCUT2D eigenvalue weighted by Gasteiger charge is -2.38. The summed E-state index contributed by atoms with van der Waals surface area (Å²) < 4.78 is 0. The highest BCUT2D eigenvalue weighted by molar-refractivity contribution is 7.09. The van der Waals surface area contributed by atoms with E-state index in [1.807, 2.05) is 12.3 Å². The quantitative estimate of drug-likeness (QED) is 0.920. The maximum atomic E-state index is 12.4. The first-order chi connectivity index (χ1) is 9.38. The molecule has 0 spiro atoms. The number of amides is 2. The highest BCUT2D eigenvalue weighted by Gasteiger charge is 2.38. The number of thiazole rings is 1. The van der Waals surface area contributed by atoms with Crippen molar-refractivity contribution in [2.75, 3.05) is 0 Å². The van der Waals surface area contributed by atoms with Gasteiger partial charge in [-0.05, 0) is 26.2 Å². The van der Waals surface area contributed by atoms with Crippen molar-refractivity contribution in [2.45, 2.75) is 52.7 Å². The van der Waals surface area contributed by atoms with E-state index >= 15 is 0 Å². The summed E-state index contributed by atoms with van der Waals surface area (Å²) in [5.74, 6) is 0.273. The Morgan fingerprint density at radius 3 is 2.70 bits per heavy atom. The number of nitrogens with zero attached hydrogens (tertiary/aromatic N) is 2. The molecule has 0 bridgehead atoms. The minimum atomic E-state index is -0.452. The number of piperazine rings is 1. The van der Waals surface area contributed by atoms with Crippen LogP contribution < -0.4 is 5.32 Å². The maximum Gasteiger partial charge on any atom is 0.245 e. The Labute approximate surface area is 123 Å². The predicted molar refractivity (Wildman–Crippen MR) is 78.2 cm³/mol. The van der Waals surface area contributed by atoms with E-state index in [1.54, 1.807) is 11.8 Å². The van der Waals surface area contributed by atoms with Gasteiger partial charge in [-0.1, -0.05) is 13.8 Å². The average molecular weight is 295 g/mol. The number of carbonyl (C=O) groups is 2. The number of rotatable bonds is 4. The summed E-state index contributed by atoms with van der Waals surface area (Å²) in [5.41, 5.74) is 0.951. The molecule has 1 aromatic rings. The average Bonchev–Trinajstić information content (AvgIpc) is 2.76. The van der Waals surface area contributed by atoms with Gasteiger partial charge < -0.3 is 10.2 Å². The lowest BCUT2D eigenvalue weighted by molar-refractivity contribution is -0.150. The molecule has 0 saturated carbocycles. The Morgan fingerprint density at radius 1 is 1.45 bits per heavy atom. The number of aryl methyl sites for hydroxylation is 1. The minimum absolute atomic E-state index is 0.0249. The molecule has 20 heavy (non-hydrogen) atoms. The SMILES string of the molecule is Cc1csc(CN2C(=O)C(C)NC(=O)C2CC(C)C)n1. The molecule has 1 aliphatic heterocycles. The van der Waals surface area contributed by atoms with E-state index in [1.165, 1.54) is 11.3 Å². The van der Waals surface area contributed by atoms with Crippen molar-refractivity contribution in [3.63, 3.8) is 0 Å². The Balaban J connectivity index is 2.22. The van der Waals surface area contributed by atoms with Crippen LogP contribution in [0.4, 0.5) is 0 Å². The third-order valence-corrected chi connectivity index (χ3v) is 4.31. The maximum absolute atomic E-state index is 12.4. The van der Waals surface area contributed by atoms with Gasteiger partial charge in [-0.25, -0.2) is 4.98 Å². The van der Waals surface area contributed by atoms with Gasteiger partial charge in [-0.15, -0.1) is 11.3 Å². The van der Waals surface area contributed by atoms with Gasteiger partial charge in [-0.2, -0.15) is 0 Å². The van der Waals surface area contributed by atoms with Crippen LogP contribution >= 0.6 is 11.3 Å². The largest absolute Gasteiger partial charge is 0.343 e. The van der Waals surface area contributed by atoms with Crippen LogP contribution in [0.25, 0.3) is 0 Å². The van der Waals surface area contributed by atoms with E-state index in [9.17, 15) is 9.59 Å². The standard InChI is InChI=1S/C14H21N3O2S/c1-8(2)5-11-13(18)16-10(4)14(19)17(11)6-12-15-9(3)7-20-12/h7-8,10-11H,5-6H2,1-4H3,(H,16,18). The fourth-order valence-electron chi connectivity index (χ4n) is 2.41. The van der Waals surface area contributed by atoms with Crippen LogP contribution in [0.3, 0.4) is 0 Å². The molecule has 1 N–H and O–H groups in total. The monoisotopic (exact) mass is 295 g/mol. The van der Waals surface area contributed by atoms with Gasteiger partial charge in [0.15, 0.2) is 0 Å². The molecule has 2 heterocycles. The molecule has 2 atom stereocenters. The third kappa shape index (κ3) is 3.17. The van der Waals surface area contributed by atoms with E-state index in [-0.39, 0.29) is 17.9 Å². The molecule has 5 nitrogen and oxygen atoms in total. The number of hydrogen-bond donors (Lipinski definition) is 1. The lowest BCUT2D eigenvalue weighted by Crippen LogP contribution is -2.62. The van der Waals surface area contributed by atoms with E-state index < -0.39 is 6.04 Å². The predicted octanol–water partition coefficient (Wildman–Crippen LogP) is 1.71. The highest BCUT2D eigenvalue weighted by atomic mass is 32.1. The zero-order valence-electron chi connectivity index (χ0n) is 12.3. The van der Waals surface area contributed by atoms with Crippen LogP contribution in [0, 0.1) is 12.8 Å². The van der Waals surface area contributed by atoms with Gasteiger partial charge in [0.1, 0.15) is 17.1 Å². The molecule has 0 radical (unpaired) electrons. The molecule has 1 aliphatic rings. The first kappa shape index (κ1) is 15.0. The van der Waals surface area contributed by atoms with Crippen LogP contribution in [0.15, 0.2) is 5.38 Å². The number of aromatic nitrogens is 1. The summed E-state index contributed by atoms with van der Waals surface area (Å²) in [6, 6.07) is -0.838. The summed E-state index contributed by atoms with van der Waals surface area (Å²) in [7, 11) is 0. The van der Waals surface area contributed by atoms with Gasteiger partial charge in [0.05, 0.1) is 6.54 Å². The summed E-state index contributed by atoms with van der Waals surface area (Å²) in [4.78, 5) is 30.6. The Hall–Kier alpha value is -1.43. The molecule has 0 aliphatic carbocycles. The second-order valence-electron chi connectivity index (χ2n) is 5.72. The second-order valence-corrected chi connectivity index (χ2v) is 6.67. The molecule has 2 unspecified atom stereocenters. The topological polar surface area (TPSA) is 62.3 Å². The van der Waals surface area contributed by atoms with Crippen molar-refractivity contribution in [2.24, 2.45) is 5.92 Å². The number of carbonyl (C=O) groups excluding carboxylic acids is 2. The van der Waals surface area contributed by atoms with Gasteiger partial charge in [-0.3, -0.25) is 9.59 Å². The van der Waals surface area contributed by atoms with Crippen molar-refractivity contribution >= 4 is 23.2 Å². The molecular formula is C14H21N3O2S. The molecule has 2 rings (SSSR count). The van der Waals surface area contributed by atoms with Crippen molar-refractivity contribution in [1.29, 1.82) is 0 Å². The zero-order valence-corrected chi connectivity index (χ0v) is 13.2. The van der Waals surface area contributed by atoms with Crippen molar-refractivity contribution in [3.05, 3.63) is 16.1 Å². The van der Waals surface area contributed by atoms with Crippen LogP contribution in [-0.2, 0) is 16.1 Å². The molecule has 110 valence electrons. The molecule has 0 aromatic carbocycles. The van der Waals surface area contributed by atoms with Gasteiger partial charge >= 0.3 is 0 Å². The molecule has 1 fully saturated rings. The molecule has 2 amide bonds. The van der Waals surface area contributed by atoms with E-state index in [0.717, 1.165) is 10.7 Å². The summed E-state index contributed by atoms with van der Waals surface area (Å²) in [5, 5.41) is 5.60. The normalized spacial score (nSPS) is 23.4. The zero-order chi connectivity index (χ0) is 14.9. The van der Waals surface area contributed by atoms with Crippen molar-refractivity contribution in [1.82, 2.24) is 15.2 Å². The summed E-state index contributed by atoms with van der Waals surface area (Å²) in [6.07, 6.45) is 0.675. The van der Waals surface area contributed by atoms with Crippen LogP contribution in [-0.4, -0.2) is 33.8 Å². The van der Waals surface area contributed by atoms with Crippen LogP contribution in [0.1, 0.15) is 37.9 Å². The van der Waals surface area contributed by atoms with Crippen molar-refractivity contribution < 1.29 is 9.59 Å². The van der Waals surface area contributed by atoms with E-state index in [0.29, 0.717) is 18.9 Å². The fourth-order valence-corrected chi connectivity index (χ4v) is 3.17. The smallest absolute Gasteiger partial charge is 0.245 e. The first-order valence-corrected chi connectivity index (χ1v) is 7.78. The molecule has 1 saturated heterocycles. The van der Waals surface area contributed by atoms with Gasteiger partial charge in [0, 0.05) is 11.1 Å². The van der Waals surface area contributed by atoms with E-state index in [2.05, 4.69) is 24.1 Å². The highest BCUT2D eigenvalue weighted by Crippen LogP contribution is 2.21. The van der Waals surface area contributed by atoms with Gasteiger partial charge in [0.25, 0.3) is 0 Å². The second kappa shape index (κ2) is 5.91. The van der Waals surface area contributed by atoms with E-state index in [4.69, 9.17) is 0 Å². The number of hydrogen-bond acceptors (Lipinski definition) is 4. The summed E-state index contributed by atoms with van der Waals surface area (Å²) in [6.45, 7) is 8.19. The molecule has 1 aromatic heterocycles. The first-order valence-electron chi connectivity index (χ1n) is 6.90. The summed E-state index contributed by atoms with van der Waals surface area (Å²) >= 11 is 1.53.